The molecule has 0 aliphatic carbocycles. The van der Waals surface area contributed by atoms with Crippen molar-refractivity contribution in [1.29, 1.82) is 0 Å². The number of rotatable bonds is 84. The number of carbonyl (C=O) groups excluding carboxylic acids is 2. The Hall–Kier alpha value is -1.14. The highest BCUT2D eigenvalue weighted by atomic mass is 16.5. The van der Waals surface area contributed by atoms with Gasteiger partial charge in [-0.05, 0) is 25.7 Å². The quantitative estimate of drug-likeness (QED) is 0.0417. The van der Waals surface area contributed by atoms with Crippen molar-refractivity contribution >= 4 is 11.9 Å². The Morgan fingerprint density at radius 1 is 0.258 bits per heavy atom. The average Bonchev–Trinajstić information content (AvgIpc) is 3.78. The molecule has 2 atom stereocenters. The molecule has 0 aromatic carbocycles. The van der Waals surface area contributed by atoms with Crippen molar-refractivity contribution in [3.8, 4) is 0 Å². The van der Waals surface area contributed by atoms with Crippen LogP contribution in [0.4, 0.5) is 0 Å². The van der Waals surface area contributed by atoms with Crippen molar-refractivity contribution in [1.82, 2.24) is 5.32 Å². The van der Waals surface area contributed by atoms with Crippen LogP contribution in [0.15, 0.2) is 0 Å². The van der Waals surface area contributed by atoms with Crippen LogP contribution in [0.3, 0.4) is 0 Å². The van der Waals surface area contributed by atoms with Crippen molar-refractivity contribution < 1.29 is 24.5 Å². The molecule has 6 heteroatoms. The van der Waals surface area contributed by atoms with E-state index < -0.39 is 12.1 Å². The molecule has 0 fully saturated rings. The van der Waals surface area contributed by atoms with Crippen LogP contribution in [0.1, 0.15) is 521 Å². The third-order valence-corrected chi connectivity index (χ3v) is 21.2. The lowest BCUT2D eigenvalue weighted by molar-refractivity contribution is -0.143. The Balaban J connectivity index is 3.29. The van der Waals surface area contributed by atoms with Gasteiger partial charge in [-0.15, -0.1) is 0 Å². The zero-order valence-corrected chi connectivity index (χ0v) is 64.0. The van der Waals surface area contributed by atoms with Crippen molar-refractivity contribution in [3.05, 3.63) is 0 Å². The lowest BCUT2D eigenvalue weighted by Gasteiger charge is -2.22. The number of esters is 1. The van der Waals surface area contributed by atoms with Crippen LogP contribution >= 0.6 is 0 Å². The predicted octanol–water partition coefficient (Wildman–Crippen LogP) is 29.2. The molecule has 0 aliphatic heterocycles. The largest absolute Gasteiger partial charge is 0.466 e. The molecule has 93 heavy (non-hydrogen) atoms. The van der Waals surface area contributed by atoms with E-state index in [1.54, 1.807) is 0 Å². The van der Waals surface area contributed by atoms with Gasteiger partial charge in [-0.25, -0.2) is 0 Å². The Morgan fingerprint density at radius 2 is 0.441 bits per heavy atom. The molecule has 556 valence electrons. The van der Waals surface area contributed by atoms with E-state index in [2.05, 4.69) is 19.2 Å². The van der Waals surface area contributed by atoms with E-state index in [9.17, 15) is 19.8 Å². The second-order valence-corrected chi connectivity index (χ2v) is 30.6. The molecule has 0 aromatic heterocycles. The van der Waals surface area contributed by atoms with Gasteiger partial charge in [0.25, 0.3) is 0 Å². The van der Waals surface area contributed by atoms with E-state index >= 15 is 0 Å². The number of aliphatic hydroxyl groups is 2. The van der Waals surface area contributed by atoms with Crippen molar-refractivity contribution in [3.63, 3.8) is 0 Å². The molecule has 0 radical (unpaired) electrons. The van der Waals surface area contributed by atoms with Gasteiger partial charge in [0.05, 0.1) is 25.4 Å². The summed E-state index contributed by atoms with van der Waals surface area (Å²) in [5, 5.41) is 23.5. The van der Waals surface area contributed by atoms with Gasteiger partial charge in [-0.1, -0.05) is 483 Å². The highest BCUT2D eigenvalue weighted by molar-refractivity contribution is 5.76. The number of amides is 1. The lowest BCUT2D eigenvalue weighted by atomic mass is 10.0. The van der Waals surface area contributed by atoms with Crippen LogP contribution in [-0.2, 0) is 14.3 Å². The van der Waals surface area contributed by atoms with Crippen LogP contribution in [0, 0.1) is 0 Å². The Bertz CT molecular complexity index is 1370. The molecular formula is C87H173NO5. The van der Waals surface area contributed by atoms with E-state index in [4.69, 9.17) is 4.74 Å². The molecule has 0 heterocycles. The van der Waals surface area contributed by atoms with Crippen LogP contribution in [0.25, 0.3) is 0 Å². The number of unbranched alkanes of at least 4 members (excludes halogenated alkanes) is 73. The van der Waals surface area contributed by atoms with Gasteiger partial charge >= 0.3 is 5.97 Å². The van der Waals surface area contributed by atoms with Gasteiger partial charge in [-0.3, -0.25) is 9.59 Å². The van der Waals surface area contributed by atoms with Gasteiger partial charge in [0.2, 0.25) is 5.91 Å². The first-order chi connectivity index (χ1) is 46.0. The standard InChI is InChI=1S/C87H173NO5/c1-3-5-7-9-11-13-15-17-19-21-23-24-40-44-47-51-55-59-63-67-71-75-79-85(90)84(83-89)88-86(91)80-76-72-68-64-60-56-52-48-45-41-38-36-34-32-30-28-26-25-27-29-31-33-35-37-39-42-46-50-54-58-62-66-70-74-78-82-93-87(92)81-77-73-69-65-61-57-53-49-43-22-20-18-16-14-12-10-8-6-4-2/h84-85,89-90H,3-83H2,1-2H3,(H,88,91). The predicted molar refractivity (Wildman–Crippen MR) is 412 cm³/mol. The summed E-state index contributed by atoms with van der Waals surface area (Å²) >= 11 is 0. The summed E-state index contributed by atoms with van der Waals surface area (Å²) in [7, 11) is 0. The molecule has 0 saturated heterocycles. The third-order valence-electron chi connectivity index (χ3n) is 21.2. The van der Waals surface area contributed by atoms with E-state index in [1.165, 1.54) is 449 Å². The molecule has 1 amide bonds. The van der Waals surface area contributed by atoms with Gasteiger partial charge in [0.15, 0.2) is 0 Å². The number of ether oxygens (including phenoxy) is 1. The zero-order valence-electron chi connectivity index (χ0n) is 64.0. The second-order valence-electron chi connectivity index (χ2n) is 30.6. The first-order valence-electron chi connectivity index (χ1n) is 43.8. The van der Waals surface area contributed by atoms with Crippen molar-refractivity contribution in [2.75, 3.05) is 13.2 Å². The highest BCUT2D eigenvalue weighted by Gasteiger charge is 2.20. The molecule has 2 unspecified atom stereocenters. The highest BCUT2D eigenvalue weighted by Crippen LogP contribution is 2.22. The third kappa shape index (κ3) is 79.7. The maximum Gasteiger partial charge on any atom is 0.305 e. The van der Waals surface area contributed by atoms with Crippen LogP contribution in [0.2, 0.25) is 0 Å². The number of carbonyl (C=O) groups is 2. The minimum Gasteiger partial charge on any atom is -0.466 e. The molecule has 0 saturated carbocycles. The van der Waals surface area contributed by atoms with E-state index in [0.717, 1.165) is 38.5 Å². The van der Waals surface area contributed by atoms with Crippen molar-refractivity contribution in [2.45, 2.75) is 533 Å². The zero-order chi connectivity index (χ0) is 67.0. The monoisotopic (exact) mass is 1310 g/mol. The molecule has 0 aromatic rings. The van der Waals surface area contributed by atoms with E-state index in [0.29, 0.717) is 25.9 Å². The number of nitrogens with one attached hydrogen (secondary N) is 1. The normalized spacial score (nSPS) is 12.3. The summed E-state index contributed by atoms with van der Waals surface area (Å²) in [5.74, 6) is 0.00629. The molecular weight excluding hydrogens is 1140 g/mol. The first-order valence-corrected chi connectivity index (χ1v) is 43.8. The first kappa shape index (κ1) is 91.9. The fourth-order valence-corrected chi connectivity index (χ4v) is 14.5. The second kappa shape index (κ2) is 83.3. The molecule has 0 bridgehead atoms. The Labute approximate surface area is 585 Å². The van der Waals surface area contributed by atoms with E-state index in [1.807, 2.05) is 0 Å². The van der Waals surface area contributed by atoms with Crippen LogP contribution < -0.4 is 5.32 Å². The van der Waals surface area contributed by atoms with Gasteiger partial charge in [-0.2, -0.15) is 0 Å². The maximum atomic E-state index is 12.6. The number of aliphatic hydroxyl groups excluding tert-OH is 2. The smallest absolute Gasteiger partial charge is 0.305 e. The molecule has 0 spiro atoms. The van der Waals surface area contributed by atoms with Crippen LogP contribution in [0.5, 0.6) is 0 Å². The molecule has 0 rings (SSSR count). The fraction of sp³-hybridized carbons (Fsp3) is 0.977. The summed E-state index contributed by atoms with van der Waals surface area (Å²) in [5.41, 5.74) is 0. The van der Waals surface area contributed by atoms with Crippen molar-refractivity contribution in [2.24, 2.45) is 0 Å². The summed E-state index contributed by atoms with van der Waals surface area (Å²) in [6.07, 6.45) is 105. The van der Waals surface area contributed by atoms with Gasteiger partial charge in [0, 0.05) is 12.8 Å². The number of hydrogen-bond acceptors (Lipinski definition) is 5. The summed E-state index contributed by atoms with van der Waals surface area (Å²) in [4.78, 5) is 24.7. The van der Waals surface area contributed by atoms with Gasteiger partial charge in [0.1, 0.15) is 0 Å². The van der Waals surface area contributed by atoms with E-state index in [-0.39, 0.29) is 18.5 Å². The Kier molecular flexibility index (Phi) is 82.3. The topological polar surface area (TPSA) is 95.9 Å². The average molecular weight is 1310 g/mol. The lowest BCUT2D eigenvalue weighted by Crippen LogP contribution is -2.45. The van der Waals surface area contributed by atoms with Gasteiger partial charge < -0.3 is 20.3 Å². The summed E-state index contributed by atoms with van der Waals surface area (Å²) in [6, 6.07) is -0.538. The summed E-state index contributed by atoms with van der Waals surface area (Å²) in [6.45, 7) is 5.03. The minimum atomic E-state index is -0.661. The maximum absolute atomic E-state index is 12.6. The summed E-state index contributed by atoms with van der Waals surface area (Å²) < 4.78 is 5.53. The fourth-order valence-electron chi connectivity index (χ4n) is 14.5. The molecule has 0 aliphatic rings. The van der Waals surface area contributed by atoms with Crippen LogP contribution in [-0.4, -0.2) is 47.4 Å². The molecule has 3 N–H and O–H groups in total. The SMILES string of the molecule is CCCCCCCCCCCCCCCCCCCCCCCCC(O)C(CO)NC(=O)CCCCCCCCCCCCCCCCCCCCCCCCCCCCCCCCCCCCCOC(=O)CCCCCCCCCCCCCCCCCCCCC. The Morgan fingerprint density at radius 3 is 0.656 bits per heavy atom. The minimum absolute atomic E-state index is 0.0229. The number of hydrogen-bond donors (Lipinski definition) is 3. The molecule has 6 nitrogen and oxygen atoms in total.